The summed E-state index contributed by atoms with van der Waals surface area (Å²) in [5, 5.41) is 4.78. The maximum absolute atomic E-state index is 13.7. The number of carbonyl (C=O) groups is 2. The average molecular weight is 291 g/mol. The quantitative estimate of drug-likeness (QED) is 0.808. The van der Waals surface area contributed by atoms with E-state index in [-0.39, 0.29) is 23.8 Å². The van der Waals surface area contributed by atoms with Crippen molar-refractivity contribution < 1.29 is 18.4 Å². The summed E-state index contributed by atoms with van der Waals surface area (Å²) in [7, 11) is 1.42. The molecule has 0 aliphatic rings. The van der Waals surface area contributed by atoms with Crippen LogP contribution >= 0.6 is 11.6 Å². The zero-order chi connectivity index (χ0) is 14.4. The number of carbonyl (C=O) groups excluding carboxylic acids is 2. The Balaban J connectivity index is 3.00. The van der Waals surface area contributed by atoms with Gasteiger partial charge in [-0.15, -0.1) is 11.6 Å². The molecule has 0 radical (unpaired) electrons. The summed E-state index contributed by atoms with van der Waals surface area (Å²) in [4.78, 5) is 22.6. The summed E-state index contributed by atoms with van der Waals surface area (Å²) >= 11 is 5.35. The third-order valence-corrected chi connectivity index (χ3v) is 2.71. The second-order valence-corrected chi connectivity index (χ2v) is 4.06. The van der Waals surface area contributed by atoms with Gasteiger partial charge in [0.05, 0.1) is 12.5 Å². The predicted molar refractivity (Wildman–Crippen MR) is 66.6 cm³/mol. The van der Waals surface area contributed by atoms with Crippen LogP contribution in [0.25, 0.3) is 0 Å². The Labute approximate surface area is 114 Å². The largest absolute Gasteiger partial charge is 0.359 e. The number of alkyl halides is 1. The van der Waals surface area contributed by atoms with Gasteiger partial charge in [-0.3, -0.25) is 9.59 Å². The van der Waals surface area contributed by atoms with Crippen LogP contribution in [0.4, 0.5) is 8.78 Å². The molecule has 0 fully saturated rings. The van der Waals surface area contributed by atoms with E-state index in [4.69, 9.17) is 11.6 Å². The van der Waals surface area contributed by atoms with E-state index in [1.165, 1.54) is 13.1 Å². The minimum atomic E-state index is -0.896. The van der Waals surface area contributed by atoms with Crippen LogP contribution in [-0.4, -0.2) is 24.7 Å². The lowest BCUT2D eigenvalue weighted by molar-refractivity contribution is -0.122. The second-order valence-electron chi connectivity index (χ2n) is 3.80. The van der Waals surface area contributed by atoms with E-state index in [0.29, 0.717) is 6.07 Å². The third-order valence-electron chi connectivity index (χ3n) is 2.46. The van der Waals surface area contributed by atoms with E-state index in [0.717, 1.165) is 6.07 Å². The van der Waals surface area contributed by atoms with Crippen molar-refractivity contribution in [3.8, 4) is 0 Å². The van der Waals surface area contributed by atoms with Crippen LogP contribution in [0.2, 0.25) is 0 Å². The van der Waals surface area contributed by atoms with Gasteiger partial charge >= 0.3 is 0 Å². The molecule has 7 heteroatoms. The van der Waals surface area contributed by atoms with Crippen molar-refractivity contribution in [3.05, 3.63) is 35.4 Å². The number of hydrogen-bond acceptors (Lipinski definition) is 2. The molecule has 4 nitrogen and oxygen atoms in total. The van der Waals surface area contributed by atoms with E-state index >= 15 is 0 Å². The number of rotatable bonds is 5. The molecule has 1 aromatic rings. The first kappa shape index (κ1) is 15.4. The molecular formula is C12H13ClF2N2O2. The normalized spacial score (nSPS) is 11.8. The minimum Gasteiger partial charge on any atom is -0.359 e. The zero-order valence-corrected chi connectivity index (χ0v) is 10.9. The summed E-state index contributed by atoms with van der Waals surface area (Å²) in [6, 6.07) is 2.04. The molecule has 0 aliphatic heterocycles. The smallest absolute Gasteiger partial charge is 0.235 e. The Morgan fingerprint density at radius 2 is 2.00 bits per heavy atom. The van der Waals surface area contributed by atoms with Gasteiger partial charge in [-0.25, -0.2) is 8.78 Å². The molecule has 0 aliphatic carbocycles. The summed E-state index contributed by atoms with van der Waals surface area (Å²) in [6.07, 6.45) is -0.165. The fraction of sp³-hybridized carbons (Fsp3) is 0.333. The summed E-state index contributed by atoms with van der Waals surface area (Å²) < 4.78 is 26.5. The maximum atomic E-state index is 13.7. The lowest BCUT2D eigenvalue weighted by atomic mass is 10.0. The molecule has 0 spiro atoms. The van der Waals surface area contributed by atoms with Gasteiger partial charge in [0.1, 0.15) is 17.5 Å². The highest BCUT2D eigenvalue weighted by atomic mass is 35.5. The number of nitrogens with one attached hydrogen (secondary N) is 2. The molecule has 104 valence electrons. The predicted octanol–water partition coefficient (Wildman–Crippen LogP) is 1.50. The molecule has 2 N–H and O–H groups in total. The van der Waals surface area contributed by atoms with Crippen LogP contribution in [0.5, 0.6) is 0 Å². The first-order valence-corrected chi connectivity index (χ1v) is 6.02. The number of benzene rings is 1. The third kappa shape index (κ3) is 4.48. The van der Waals surface area contributed by atoms with Crippen LogP contribution in [0, 0.1) is 11.6 Å². The van der Waals surface area contributed by atoms with Crippen LogP contribution < -0.4 is 10.6 Å². The first-order chi connectivity index (χ1) is 8.97. The number of halogens is 3. The van der Waals surface area contributed by atoms with Gasteiger partial charge in [0.15, 0.2) is 0 Å². The second kappa shape index (κ2) is 7.04. The molecule has 0 bridgehead atoms. The van der Waals surface area contributed by atoms with Crippen molar-refractivity contribution in [2.24, 2.45) is 0 Å². The van der Waals surface area contributed by atoms with Crippen molar-refractivity contribution in [3.63, 3.8) is 0 Å². The van der Waals surface area contributed by atoms with Crippen LogP contribution in [0.3, 0.4) is 0 Å². The molecule has 19 heavy (non-hydrogen) atoms. The molecule has 0 heterocycles. The van der Waals surface area contributed by atoms with E-state index in [1.54, 1.807) is 0 Å². The molecule has 1 unspecified atom stereocenters. The molecule has 1 aromatic carbocycles. The van der Waals surface area contributed by atoms with Gasteiger partial charge in [-0.05, 0) is 6.07 Å². The Morgan fingerprint density at radius 3 is 2.53 bits per heavy atom. The monoisotopic (exact) mass is 290 g/mol. The Hall–Kier alpha value is -1.69. The van der Waals surface area contributed by atoms with Crippen LogP contribution in [0.15, 0.2) is 18.2 Å². The average Bonchev–Trinajstić information content (AvgIpc) is 2.37. The minimum absolute atomic E-state index is 0.0310. The zero-order valence-electron chi connectivity index (χ0n) is 10.2. The number of hydrogen-bond donors (Lipinski definition) is 2. The molecule has 1 rings (SSSR count). The molecule has 0 saturated heterocycles. The molecule has 2 amide bonds. The topological polar surface area (TPSA) is 58.2 Å². The van der Waals surface area contributed by atoms with Crippen molar-refractivity contribution in [2.45, 2.75) is 12.5 Å². The van der Waals surface area contributed by atoms with Gasteiger partial charge in [0, 0.05) is 18.7 Å². The highest BCUT2D eigenvalue weighted by molar-refractivity contribution is 6.27. The van der Waals surface area contributed by atoms with E-state index in [2.05, 4.69) is 10.6 Å². The highest BCUT2D eigenvalue weighted by Gasteiger charge is 2.21. The van der Waals surface area contributed by atoms with Crippen molar-refractivity contribution >= 4 is 23.4 Å². The van der Waals surface area contributed by atoms with E-state index in [1.807, 2.05) is 0 Å². The summed E-state index contributed by atoms with van der Waals surface area (Å²) in [5.41, 5.74) is 0.0310. The van der Waals surface area contributed by atoms with Gasteiger partial charge in [0.2, 0.25) is 11.8 Å². The molecular weight excluding hydrogens is 278 g/mol. The molecule has 0 aromatic heterocycles. The summed E-state index contributed by atoms with van der Waals surface area (Å²) in [6.45, 7) is 0. The fourth-order valence-electron chi connectivity index (χ4n) is 1.54. The molecule has 0 saturated carbocycles. The van der Waals surface area contributed by atoms with E-state index in [9.17, 15) is 18.4 Å². The van der Waals surface area contributed by atoms with Crippen molar-refractivity contribution in [1.82, 2.24) is 10.6 Å². The lowest BCUT2D eigenvalue weighted by Gasteiger charge is -2.18. The standard InChI is InChI=1S/C12H13ClF2N2O2/c1-16-11(18)5-10(17-12(19)6-13)8-3-2-7(14)4-9(8)15/h2-4,10H,5-6H2,1H3,(H,16,18)(H,17,19). The van der Waals surface area contributed by atoms with E-state index < -0.39 is 23.6 Å². The van der Waals surface area contributed by atoms with Crippen LogP contribution in [0.1, 0.15) is 18.0 Å². The number of amides is 2. The van der Waals surface area contributed by atoms with Gasteiger partial charge in [-0.2, -0.15) is 0 Å². The maximum Gasteiger partial charge on any atom is 0.235 e. The Bertz CT molecular complexity index is 465. The van der Waals surface area contributed by atoms with Crippen LogP contribution in [-0.2, 0) is 9.59 Å². The first-order valence-electron chi connectivity index (χ1n) is 5.48. The SMILES string of the molecule is CNC(=O)CC(NC(=O)CCl)c1ccc(F)cc1F. The molecule has 1 atom stereocenters. The summed E-state index contributed by atoms with van der Waals surface area (Å²) in [5.74, 6) is -2.80. The Morgan fingerprint density at radius 1 is 1.32 bits per heavy atom. The fourth-order valence-corrected chi connectivity index (χ4v) is 1.62. The highest BCUT2D eigenvalue weighted by Crippen LogP contribution is 2.21. The van der Waals surface area contributed by atoms with Crippen molar-refractivity contribution in [1.29, 1.82) is 0 Å². The van der Waals surface area contributed by atoms with Gasteiger partial charge in [-0.1, -0.05) is 6.07 Å². The van der Waals surface area contributed by atoms with Gasteiger partial charge in [0.25, 0.3) is 0 Å². The Kier molecular flexibility index (Phi) is 5.69. The lowest BCUT2D eigenvalue weighted by Crippen LogP contribution is -2.33. The van der Waals surface area contributed by atoms with Gasteiger partial charge < -0.3 is 10.6 Å². The van der Waals surface area contributed by atoms with Crippen molar-refractivity contribution in [2.75, 3.05) is 12.9 Å².